The van der Waals surface area contributed by atoms with Crippen LogP contribution in [0.1, 0.15) is 20.8 Å². The molecule has 0 aliphatic rings. The van der Waals surface area contributed by atoms with Gasteiger partial charge in [-0.2, -0.15) is 0 Å². The van der Waals surface area contributed by atoms with Crippen LogP contribution in [0.25, 0.3) is 0 Å². The number of allylic oxidation sites excluding steroid dienone is 1. The summed E-state index contributed by atoms with van der Waals surface area (Å²) in [6, 6.07) is 0. The first-order chi connectivity index (χ1) is 4.92. The van der Waals surface area contributed by atoms with Crippen LogP contribution in [0.15, 0.2) is 12.2 Å². The number of hydrogen-bond acceptors (Lipinski definition) is 2. The molecule has 0 aliphatic carbocycles. The van der Waals surface area contributed by atoms with Crippen molar-refractivity contribution < 1.29 is 12.8 Å². The maximum atomic E-state index is 12.8. The average Bonchev–Trinajstić information content (AvgIpc) is 1.88. The van der Waals surface area contributed by atoms with Crippen molar-refractivity contribution in [3.8, 4) is 0 Å². The van der Waals surface area contributed by atoms with E-state index in [9.17, 15) is 12.8 Å². The first-order valence-corrected chi connectivity index (χ1v) is 5.03. The van der Waals surface area contributed by atoms with E-state index >= 15 is 0 Å². The molecule has 1 unspecified atom stereocenters. The van der Waals surface area contributed by atoms with Crippen LogP contribution >= 0.6 is 0 Å². The highest BCUT2D eigenvalue weighted by Crippen LogP contribution is 2.11. The van der Waals surface area contributed by atoms with Gasteiger partial charge in [-0.25, -0.2) is 12.8 Å². The van der Waals surface area contributed by atoms with Crippen molar-refractivity contribution in [1.29, 1.82) is 0 Å². The molecule has 4 heteroatoms. The molecule has 11 heavy (non-hydrogen) atoms. The molecule has 0 radical (unpaired) electrons. The van der Waals surface area contributed by atoms with E-state index in [1.165, 1.54) is 19.9 Å². The van der Waals surface area contributed by atoms with Gasteiger partial charge >= 0.3 is 0 Å². The van der Waals surface area contributed by atoms with Gasteiger partial charge in [-0.1, -0.05) is 6.08 Å². The van der Waals surface area contributed by atoms with Gasteiger partial charge in [0.1, 0.15) is 0 Å². The third-order valence-electron chi connectivity index (χ3n) is 1.31. The number of hydrogen-bond donors (Lipinski definition) is 0. The summed E-state index contributed by atoms with van der Waals surface area (Å²) in [4.78, 5) is 0. The summed E-state index contributed by atoms with van der Waals surface area (Å²) in [5.41, 5.74) is -1.85. The van der Waals surface area contributed by atoms with Crippen molar-refractivity contribution >= 4 is 9.84 Å². The molecular formula is C7H13FO2S. The molecule has 1 atom stereocenters. The molecule has 0 spiro atoms. The SMILES string of the molecule is C/C=C/C(F)S(=O)(=O)C(C)C. The van der Waals surface area contributed by atoms with E-state index in [1.807, 2.05) is 0 Å². The lowest BCUT2D eigenvalue weighted by atomic mass is 10.6. The Balaban J connectivity index is 4.58. The minimum absolute atomic E-state index is 0.659. The second-order valence-electron chi connectivity index (χ2n) is 2.51. The van der Waals surface area contributed by atoms with Gasteiger partial charge in [-0.15, -0.1) is 0 Å². The van der Waals surface area contributed by atoms with Crippen LogP contribution in [0.5, 0.6) is 0 Å². The Kier molecular flexibility index (Phi) is 3.72. The maximum absolute atomic E-state index is 12.8. The summed E-state index contributed by atoms with van der Waals surface area (Å²) in [5.74, 6) is 0. The van der Waals surface area contributed by atoms with Crippen LogP contribution in [0.2, 0.25) is 0 Å². The number of sulfone groups is 1. The predicted octanol–water partition coefficient (Wildman–Crippen LogP) is 1.68. The summed E-state index contributed by atoms with van der Waals surface area (Å²) >= 11 is 0. The van der Waals surface area contributed by atoms with Gasteiger partial charge in [0.05, 0.1) is 5.25 Å². The second-order valence-corrected chi connectivity index (χ2v) is 5.09. The molecule has 0 aromatic rings. The fourth-order valence-electron chi connectivity index (χ4n) is 0.521. The smallest absolute Gasteiger partial charge is 0.219 e. The van der Waals surface area contributed by atoms with E-state index in [4.69, 9.17) is 0 Å². The van der Waals surface area contributed by atoms with E-state index in [1.54, 1.807) is 6.92 Å². The van der Waals surface area contributed by atoms with Crippen LogP contribution in [-0.2, 0) is 9.84 Å². The zero-order valence-corrected chi connectivity index (χ0v) is 7.73. The molecule has 0 rings (SSSR count). The normalized spacial score (nSPS) is 16.1. The molecule has 0 fully saturated rings. The molecule has 0 saturated carbocycles. The fourth-order valence-corrected chi connectivity index (χ4v) is 1.42. The minimum atomic E-state index is -3.59. The Labute approximate surface area is 67.0 Å². The first kappa shape index (κ1) is 10.6. The Hall–Kier alpha value is -0.380. The summed E-state index contributed by atoms with van der Waals surface area (Å²) in [7, 11) is -3.59. The highest BCUT2D eigenvalue weighted by molar-refractivity contribution is 7.92. The van der Waals surface area contributed by atoms with Crippen molar-refractivity contribution in [2.45, 2.75) is 31.5 Å². The van der Waals surface area contributed by atoms with E-state index in [0.717, 1.165) is 6.08 Å². The van der Waals surface area contributed by atoms with Gasteiger partial charge in [0.15, 0.2) is 9.84 Å². The Morgan fingerprint density at radius 1 is 1.36 bits per heavy atom. The molecule has 0 N–H and O–H groups in total. The highest BCUT2D eigenvalue weighted by Gasteiger charge is 2.25. The van der Waals surface area contributed by atoms with Crippen molar-refractivity contribution in [2.24, 2.45) is 0 Å². The van der Waals surface area contributed by atoms with Crippen molar-refractivity contribution in [1.82, 2.24) is 0 Å². The molecule has 0 saturated heterocycles. The highest BCUT2D eigenvalue weighted by atomic mass is 32.2. The quantitative estimate of drug-likeness (QED) is 0.619. The molecule has 0 aromatic heterocycles. The first-order valence-electron chi connectivity index (χ1n) is 3.42. The summed E-state index contributed by atoms with van der Waals surface area (Å²) in [5, 5.41) is -0.659. The minimum Gasteiger partial charge on any atom is -0.225 e. The van der Waals surface area contributed by atoms with Gasteiger partial charge in [-0.3, -0.25) is 0 Å². The average molecular weight is 180 g/mol. The van der Waals surface area contributed by atoms with Crippen molar-refractivity contribution in [3.63, 3.8) is 0 Å². The van der Waals surface area contributed by atoms with Gasteiger partial charge in [0.25, 0.3) is 0 Å². The summed E-state index contributed by atoms with van der Waals surface area (Å²) in [6.07, 6.45) is 2.43. The van der Waals surface area contributed by atoms with Gasteiger partial charge in [0, 0.05) is 0 Å². The number of rotatable bonds is 3. The molecule has 0 aliphatic heterocycles. The lowest BCUT2D eigenvalue weighted by molar-refractivity contribution is 0.469. The Morgan fingerprint density at radius 3 is 2.09 bits per heavy atom. The Bertz CT molecular complexity index is 229. The topological polar surface area (TPSA) is 34.1 Å². The summed E-state index contributed by atoms with van der Waals surface area (Å²) in [6.45, 7) is 4.51. The fraction of sp³-hybridized carbons (Fsp3) is 0.714. The van der Waals surface area contributed by atoms with E-state index < -0.39 is 20.6 Å². The van der Waals surface area contributed by atoms with Crippen LogP contribution < -0.4 is 0 Å². The molecule has 0 amide bonds. The standard InChI is InChI=1S/C7H13FO2S/c1-4-5-7(8)11(9,10)6(2)3/h4-7H,1-3H3/b5-4+. The van der Waals surface area contributed by atoms with E-state index in [0.29, 0.717) is 0 Å². The van der Waals surface area contributed by atoms with Gasteiger partial charge < -0.3 is 0 Å². The zero-order chi connectivity index (χ0) is 9.07. The van der Waals surface area contributed by atoms with Crippen molar-refractivity contribution in [3.05, 3.63) is 12.2 Å². The third kappa shape index (κ3) is 2.61. The second kappa shape index (κ2) is 3.85. The lowest BCUT2D eigenvalue weighted by Crippen LogP contribution is -2.23. The molecule has 66 valence electrons. The van der Waals surface area contributed by atoms with Crippen LogP contribution in [0.4, 0.5) is 4.39 Å². The zero-order valence-electron chi connectivity index (χ0n) is 6.91. The van der Waals surface area contributed by atoms with Crippen LogP contribution in [0, 0.1) is 0 Å². The monoisotopic (exact) mass is 180 g/mol. The van der Waals surface area contributed by atoms with Crippen LogP contribution in [0.3, 0.4) is 0 Å². The molecule has 0 heterocycles. The summed E-state index contributed by atoms with van der Waals surface area (Å²) < 4.78 is 34.7. The molecule has 0 bridgehead atoms. The predicted molar refractivity (Wildman–Crippen MR) is 43.8 cm³/mol. The van der Waals surface area contributed by atoms with E-state index in [-0.39, 0.29) is 0 Å². The molecule has 2 nitrogen and oxygen atoms in total. The third-order valence-corrected chi connectivity index (χ3v) is 3.41. The maximum Gasteiger partial charge on any atom is 0.219 e. The number of alkyl halides is 1. The molecule has 0 aromatic carbocycles. The van der Waals surface area contributed by atoms with Gasteiger partial charge in [-0.05, 0) is 26.8 Å². The molecular weight excluding hydrogens is 167 g/mol. The van der Waals surface area contributed by atoms with Crippen molar-refractivity contribution in [2.75, 3.05) is 0 Å². The van der Waals surface area contributed by atoms with Crippen LogP contribution in [-0.4, -0.2) is 19.2 Å². The van der Waals surface area contributed by atoms with Gasteiger partial charge in [0.2, 0.25) is 5.50 Å². The number of halogens is 1. The largest absolute Gasteiger partial charge is 0.225 e. The lowest BCUT2D eigenvalue weighted by Gasteiger charge is -2.08. The Morgan fingerprint density at radius 2 is 1.82 bits per heavy atom. The van der Waals surface area contributed by atoms with E-state index in [2.05, 4.69) is 0 Å².